The van der Waals surface area contributed by atoms with E-state index in [1.807, 2.05) is 25.1 Å². The minimum atomic E-state index is -0.702. The molecule has 1 spiro atoms. The predicted molar refractivity (Wildman–Crippen MR) is 113 cm³/mol. The van der Waals surface area contributed by atoms with Crippen LogP contribution >= 0.6 is 0 Å². The molecule has 0 unspecified atom stereocenters. The molecule has 8 heteroatoms. The molecule has 8 nitrogen and oxygen atoms in total. The molecule has 1 saturated heterocycles. The molecule has 0 aromatic heterocycles. The van der Waals surface area contributed by atoms with Crippen LogP contribution in [0.3, 0.4) is 0 Å². The second-order valence-electron chi connectivity index (χ2n) is 8.06. The SMILES string of the molecule is CCN(Cc1cccc(NC(=O)CCCN2C(=O)NC3(CCCC3)C2=O)c1)C(C)=O. The number of hydrogen-bond acceptors (Lipinski definition) is 4. The van der Waals surface area contributed by atoms with Crippen LogP contribution in [0.15, 0.2) is 24.3 Å². The molecule has 0 radical (unpaired) electrons. The van der Waals surface area contributed by atoms with E-state index in [2.05, 4.69) is 10.6 Å². The number of hydrogen-bond donors (Lipinski definition) is 2. The second-order valence-corrected chi connectivity index (χ2v) is 8.06. The first kappa shape index (κ1) is 21.8. The number of urea groups is 1. The van der Waals surface area contributed by atoms with E-state index in [4.69, 9.17) is 0 Å². The third kappa shape index (κ3) is 4.80. The summed E-state index contributed by atoms with van der Waals surface area (Å²) in [5, 5.41) is 5.70. The number of carbonyl (C=O) groups is 4. The van der Waals surface area contributed by atoms with Crippen LogP contribution in [0.2, 0.25) is 0 Å². The summed E-state index contributed by atoms with van der Waals surface area (Å²) in [4.78, 5) is 51.7. The van der Waals surface area contributed by atoms with E-state index in [0.29, 0.717) is 38.0 Å². The molecule has 3 rings (SSSR count). The smallest absolute Gasteiger partial charge is 0.325 e. The average molecular weight is 415 g/mol. The van der Waals surface area contributed by atoms with Gasteiger partial charge in [0.05, 0.1) is 0 Å². The Balaban J connectivity index is 1.48. The van der Waals surface area contributed by atoms with E-state index in [9.17, 15) is 19.2 Å². The zero-order valence-electron chi connectivity index (χ0n) is 17.7. The zero-order valence-corrected chi connectivity index (χ0v) is 17.7. The summed E-state index contributed by atoms with van der Waals surface area (Å²) >= 11 is 0. The summed E-state index contributed by atoms with van der Waals surface area (Å²) in [6.45, 7) is 4.81. The Labute approximate surface area is 177 Å². The summed E-state index contributed by atoms with van der Waals surface area (Å²) < 4.78 is 0. The number of carbonyl (C=O) groups excluding carboxylic acids is 4. The molecule has 1 aliphatic heterocycles. The van der Waals surface area contributed by atoms with Crippen LogP contribution in [0.25, 0.3) is 0 Å². The van der Waals surface area contributed by atoms with Crippen LogP contribution in [0.5, 0.6) is 0 Å². The normalized spacial score (nSPS) is 17.3. The fraction of sp³-hybridized carbons (Fsp3) is 0.545. The average Bonchev–Trinajstić information content (AvgIpc) is 3.26. The molecule has 1 aromatic rings. The Morgan fingerprint density at radius 1 is 1.23 bits per heavy atom. The third-order valence-corrected chi connectivity index (χ3v) is 5.90. The van der Waals surface area contributed by atoms with Crippen molar-refractivity contribution in [2.45, 2.75) is 64.5 Å². The molecule has 0 atom stereocenters. The van der Waals surface area contributed by atoms with Crippen LogP contribution in [-0.2, 0) is 20.9 Å². The van der Waals surface area contributed by atoms with Gasteiger partial charge in [-0.05, 0) is 43.9 Å². The van der Waals surface area contributed by atoms with Crippen molar-refractivity contribution in [1.82, 2.24) is 15.1 Å². The summed E-state index contributed by atoms with van der Waals surface area (Å²) in [6, 6.07) is 7.06. The molecule has 2 fully saturated rings. The highest BCUT2D eigenvalue weighted by atomic mass is 16.2. The van der Waals surface area contributed by atoms with Crippen LogP contribution in [0, 0.1) is 0 Å². The van der Waals surface area contributed by atoms with Crippen LogP contribution < -0.4 is 10.6 Å². The molecule has 1 aromatic carbocycles. The highest BCUT2D eigenvalue weighted by Gasteiger charge is 2.52. The highest BCUT2D eigenvalue weighted by molar-refractivity contribution is 6.07. The van der Waals surface area contributed by atoms with Gasteiger partial charge in [0.1, 0.15) is 5.54 Å². The van der Waals surface area contributed by atoms with Crippen molar-refractivity contribution in [3.05, 3.63) is 29.8 Å². The lowest BCUT2D eigenvalue weighted by molar-refractivity contribution is -0.131. The lowest BCUT2D eigenvalue weighted by Crippen LogP contribution is -2.44. The van der Waals surface area contributed by atoms with E-state index in [-0.39, 0.29) is 36.7 Å². The van der Waals surface area contributed by atoms with Gasteiger partial charge in [-0.25, -0.2) is 4.79 Å². The summed E-state index contributed by atoms with van der Waals surface area (Å²) in [5.74, 6) is -0.315. The monoisotopic (exact) mass is 414 g/mol. The first-order valence-electron chi connectivity index (χ1n) is 10.6. The Bertz CT molecular complexity index is 832. The maximum Gasteiger partial charge on any atom is 0.325 e. The van der Waals surface area contributed by atoms with Crippen LogP contribution in [-0.4, -0.2) is 52.2 Å². The first-order chi connectivity index (χ1) is 14.3. The van der Waals surface area contributed by atoms with E-state index in [0.717, 1.165) is 18.4 Å². The summed E-state index contributed by atoms with van der Waals surface area (Å²) in [7, 11) is 0. The highest BCUT2D eigenvalue weighted by Crippen LogP contribution is 2.35. The molecule has 1 saturated carbocycles. The molecule has 162 valence electrons. The molecule has 1 aliphatic carbocycles. The maximum atomic E-state index is 12.6. The van der Waals surface area contributed by atoms with Gasteiger partial charge in [0.25, 0.3) is 5.91 Å². The van der Waals surface area contributed by atoms with Gasteiger partial charge >= 0.3 is 6.03 Å². The molecular weight excluding hydrogens is 384 g/mol. The molecule has 1 heterocycles. The quantitative estimate of drug-likeness (QED) is 0.639. The van der Waals surface area contributed by atoms with Gasteiger partial charge in [-0.2, -0.15) is 0 Å². The molecule has 2 N–H and O–H groups in total. The van der Waals surface area contributed by atoms with Crippen molar-refractivity contribution >= 4 is 29.4 Å². The van der Waals surface area contributed by atoms with Gasteiger partial charge in [0.2, 0.25) is 11.8 Å². The van der Waals surface area contributed by atoms with Gasteiger partial charge in [-0.1, -0.05) is 25.0 Å². The lowest BCUT2D eigenvalue weighted by Gasteiger charge is -2.20. The number of amides is 5. The number of nitrogens with one attached hydrogen (secondary N) is 2. The Morgan fingerprint density at radius 3 is 2.63 bits per heavy atom. The topological polar surface area (TPSA) is 98.8 Å². The van der Waals surface area contributed by atoms with Gasteiger partial charge in [-0.15, -0.1) is 0 Å². The van der Waals surface area contributed by atoms with Gasteiger partial charge in [0.15, 0.2) is 0 Å². The van der Waals surface area contributed by atoms with Crippen molar-refractivity contribution in [2.75, 3.05) is 18.4 Å². The minimum Gasteiger partial charge on any atom is -0.339 e. The molecule has 0 bridgehead atoms. The number of nitrogens with zero attached hydrogens (tertiary/aromatic N) is 2. The fourth-order valence-corrected chi connectivity index (χ4v) is 4.23. The number of benzene rings is 1. The maximum absolute atomic E-state index is 12.6. The Morgan fingerprint density at radius 2 is 1.97 bits per heavy atom. The van der Waals surface area contributed by atoms with Crippen molar-refractivity contribution in [1.29, 1.82) is 0 Å². The second kappa shape index (κ2) is 9.28. The third-order valence-electron chi connectivity index (χ3n) is 5.90. The van der Waals surface area contributed by atoms with Crippen molar-refractivity contribution in [3.8, 4) is 0 Å². The van der Waals surface area contributed by atoms with Crippen molar-refractivity contribution in [3.63, 3.8) is 0 Å². The standard InChI is InChI=1S/C22H30N4O4/c1-3-25(16(2)27)15-17-8-6-9-18(14-17)23-19(28)10-7-13-26-20(29)22(24-21(26)30)11-4-5-12-22/h6,8-9,14H,3-5,7,10-13,15H2,1-2H3,(H,23,28)(H,24,30). The van der Waals surface area contributed by atoms with Gasteiger partial charge in [0, 0.05) is 38.7 Å². The van der Waals surface area contributed by atoms with Crippen LogP contribution in [0.4, 0.5) is 10.5 Å². The van der Waals surface area contributed by atoms with Crippen LogP contribution in [0.1, 0.15) is 57.9 Å². The Kier molecular flexibility index (Phi) is 6.74. The number of imide groups is 1. The minimum absolute atomic E-state index is 0.00631. The molecule has 30 heavy (non-hydrogen) atoms. The van der Waals surface area contributed by atoms with Gasteiger partial charge < -0.3 is 15.5 Å². The lowest BCUT2D eigenvalue weighted by atomic mass is 9.98. The molecular formula is C22H30N4O4. The summed E-state index contributed by atoms with van der Waals surface area (Å²) in [6.07, 6.45) is 3.92. The van der Waals surface area contributed by atoms with Gasteiger partial charge in [-0.3, -0.25) is 19.3 Å². The zero-order chi connectivity index (χ0) is 21.7. The van der Waals surface area contributed by atoms with E-state index >= 15 is 0 Å². The number of rotatable bonds is 8. The van der Waals surface area contributed by atoms with E-state index < -0.39 is 5.54 Å². The Hall–Kier alpha value is -2.90. The van der Waals surface area contributed by atoms with E-state index in [1.54, 1.807) is 11.0 Å². The summed E-state index contributed by atoms with van der Waals surface area (Å²) in [5.41, 5.74) is 0.898. The van der Waals surface area contributed by atoms with Crippen molar-refractivity contribution < 1.29 is 19.2 Å². The largest absolute Gasteiger partial charge is 0.339 e. The fourth-order valence-electron chi connectivity index (χ4n) is 4.23. The number of anilines is 1. The molecule has 2 aliphatic rings. The van der Waals surface area contributed by atoms with Crippen molar-refractivity contribution in [2.24, 2.45) is 0 Å². The first-order valence-corrected chi connectivity index (χ1v) is 10.6. The molecule has 5 amide bonds. The predicted octanol–water partition coefficient (Wildman–Crippen LogP) is 2.64. The van der Waals surface area contributed by atoms with E-state index in [1.165, 1.54) is 11.8 Å².